The lowest BCUT2D eigenvalue weighted by Crippen LogP contribution is -2.07. The Balaban J connectivity index is 2.63. The fourth-order valence-corrected chi connectivity index (χ4v) is 1.50. The third kappa shape index (κ3) is 1.97. The summed E-state index contributed by atoms with van der Waals surface area (Å²) in [5.74, 6) is -2.28. The number of hydrogen-bond donors (Lipinski definition) is 0. The number of halogens is 2. The van der Waals surface area contributed by atoms with Crippen molar-refractivity contribution in [3.63, 3.8) is 0 Å². The van der Waals surface area contributed by atoms with Crippen molar-refractivity contribution in [2.75, 3.05) is 0 Å². The minimum absolute atomic E-state index is 0.0537. The Morgan fingerprint density at radius 1 is 1.35 bits per heavy atom. The van der Waals surface area contributed by atoms with Gasteiger partial charge in [-0.2, -0.15) is 5.26 Å². The van der Waals surface area contributed by atoms with Gasteiger partial charge in [0.15, 0.2) is 11.6 Å². The van der Waals surface area contributed by atoms with Crippen LogP contribution in [0.3, 0.4) is 0 Å². The highest BCUT2D eigenvalue weighted by atomic mass is 19.1. The Labute approximate surface area is 95.7 Å². The first-order chi connectivity index (χ1) is 8.13. The SMILES string of the molecule is N#Cc1cc(F)ccc1C1=C(F)C(=O)CC=N1. The quantitative estimate of drug-likeness (QED) is 0.746. The van der Waals surface area contributed by atoms with Crippen LogP contribution in [-0.4, -0.2) is 12.0 Å². The second-order valence-electron chi connectivity index (χ2n) is 3.40. The maximum Gasteiger partial charge on any atom is 0.198 e. The Morgan fingerprint density at radius 2 is 2.12 bits per heavy atom. The van der Waals surface area contributed by atoms with Crippen LogP contribution in [0, 0.1) is 17.1 Å². The van der Waals surface area contributed by atoms with Gasteiger partial charge in [0.05, 0.1) is 11.6 Å². The second kappa shape index (κ2) is 4.26. The van der Waals surface area contributed by atoms with E-state index in [4.69, 9.17) is 5.26 Å². The van der Waals surface area contributed by atoms with Crippen LogP contribution in [0.5, 0.6) is 0 Å². The van der Waals surface area contributed by atoms with Crippen molar-refractivity contribution in [1.82, 2.24) is 0 Å². The van der Waals surface area contributed by atoms with Gasteiger partial charge in [-0.15, -0.1) is 0 Å². The average molecular weight is 232 g/mol. The van der Waals surface area contributed by atoms with Crippen molar-refractivity contribution < 1.29 is 13.6 Å². The highest BCUT2D eigenvalue weighted by Crippen LogP contribution is 2.27. The van der Waals surface area contributed by atoms with Crippen LogP contribution in [-0.2, 0) is 4.79 Å². The molecule has 5 heteroatoms. The molecule has 1 aliphatic rings. The van der Waals surface area contributed by atoms with Crippen molar-refractivity contribution >= 4 is 17.7 Å². The molecule has 1 aliphatic heterocycles. The predicted octanol–water partition coefficient (Wildman–Crippen LogP) is 2.38. The number of hydrogen-bond acceptors (Lipinski definition) is 3. The van der Waals surface area contributed by atoms with Gasteiger partial charge in [0.25, 0.3) is 0 Å². The Bertz CT molecular complexity index is 597. The van der Waals surface area contributed by atoms with E-state index in [2.05, 4.69) is 4.99 Å². The van der Waals surface area contributed by atoms with E-state index in [9.17, 15) is 13.6 Å². The number of carbonyl (C=O) groups is 1. The van der Waals surface area contributed by atoms with Gasteiger partial charge in [-0.3, -0.25) is 9.79 Å². The molecule has 0 aromatic heterocycles. The molecule has 0 saturated heterocycles. The number of rotatable bonds is 1. The van der Waals surface area contributed by atoms with Gasteiger partial charge < -0.3 is 0 Å². The first kappa shape index (κ1) is 11.1. The molecule has 3 nitrogen and oxygen atoms in total. The number of carbonyl (C=O) groups excluding carboxylic acids is 1. The molecular formula is C12H6F2N2O. The largest absolute Gasteiger partial charge is 0.291 e. The smallest absolute Gasteiger partial charge is 0.198 e. The minimum Gasteiger partial charge on any atom is -0.291 e. The summed E-state index contributed by atoms with van der Waals surface area (Å²) in [5, 5.41) is 8.83. The highest BCUT2D eigenvalue weighted by Gasteiger charge is 2.21. The van der Waals surface area contributed by atoms with E-state index in [0.29, 0.717) is 0 Å². The van der Waals surface area contributed by atoms with Crippen LogP contribution in [0.2, 0.25) is 0 Å². The van der Waals surface area contributed by atoms with Crippen LogP contribution in [0.1, 0.15) is 17.5 Å². The molecule has 17 heavy (non-hydrogen) atoms. The van der Waals surface area contributed by atoms with Gasteiger partial charge in [-0.25, -0.2) is 8.78 Å². The summed E-state index contributed by atoms with van der Waals surface area (Å²) in [5.41, 5.74) is -0.143. The Hall–Kier alpha value is -2.35. The summed E-state index contributed by atoms with van der Waals surface area (Å²) >= 11 is 0. The van der Waals surface area contributed by atoms with E-state index in [-0.39, 0.29) is 23.2 Å². The summed E-state index contributed by atoms with van der Waals surface area (Å²) in [6.45, 7) is 0. The summed E-state index contributed by atoms with van der Waals surface area (Å²) in [7, 11) is 0. The molecule has 0 bridgehead atoms. The maximum atomic E-state index is 13.6. The summed E-state index contributed by atoms with van der Waals surface area (Å²) < 4.78 is 26.5. The molecule has 0 amide bonds. The van der Waals surface area contributed by atoms with E-state index >= 15 is 0 Å². The van der Waals surface area contributed by atoms with Crippen LogP contribution in [0.25, 0.3) is 5.70 Å². The topological polar surface area (TPSA) is 53.2 Å². The molecule has 1 aromatic rings. The van der Waals surface area contributed by atoms with Gasteiger partial charge in [0, 0.05) is 18.2 Å². The summed E-state index contributed by atoms with van der Waals surface area (Å²) in [6, 6.07) is 5.04. The van der Waals surface area contributed by atoms with Crippen LogP contribution < -0.4 is 0 Å². The minimum atomic E-state index is -0.990. The van der Waals surface area contributed by atoms with Crippen molar-refractivity contribution in [2.45, 2.75) is 6.42 Å². The number of nitriles is 1. The monoisotopic (exact) mass is 232 g/mol. The van der Waals surface area contributed by atoms with E-state index in [0.717, 1.165) is 12.1 Å². The maximum absolute atomic E-state index is 13.6. The Morgan fingerprint density at radius 3 is 2.82 bits per heavy atom. The standard InChI is InChI=1S/C12H6F2N2O/c13-8-1-2-9(7(5-8)6-15)12-11(14)10(17)3-4-16-12/h1-2,4-5H,3H2. The molecule has 0 unspecified atom stereocenters. The van der Waals surface area contributed by atoms with Gasteiger partial charge in [-0.05, 0) is 18.2 Å². The second-order valence-corrected chi connectivity index (χ2v) is 3.40. The van der Waals surface area contributed by atoms with Gasteiger partial charge in [0.1, 0.15) is 11.5 Å². The average Bonchev–Trinajstić information content (AvgIpc) is 2.33. The molecule has 1 aromatic carbocycles. The van der Waals surface area contributed by atoms with Crippen LogP contribution in [0.15, 0.2) is 29.0 Å². The molecule has 84 valence electrons. The fourth-order valence-electron chi connectivity index (χ4n) is 1.50. The lowest BCUT2D eigenvalue weighted by molar-refractivity contribution is -0.115. The van der Waals surface area contributed by atoms with E-state index in [1.165, 1.54) is 12.3 Å². The van der Waals surface area contributed by atoms with Crippen LogP contribution >= 0.6 is 0 Å². The highest BCUT2D eigenvalue weighted by molar-refractivity contribution is 6.10. The zero-order valence-electron chi connectivity index (χ0n) is 8.58. The number of aliphatic imine (C=N–C) groups is 1. The molecule has 0 aliphatic carbocycles. The van der Waals surface area contributed by atoms with Crippen molar-refractivity contribution in [1.29, 1.82) is 5.26 Å². The molecule has 0 spiro atoms. The number of nitrogens with zero attached hydrogens (tertiary/aromatic N) is 2. The zero-order valence-corrected chi connectivity index (χ0v) is 8.58. The lowest BCUT2D eigenvalue weighted by Gasteiger charge is -2.09. The Kier molecular flexibility index (Phi) is 2.79. The molecule has 2 rings (SSSR count). The molecule has 0 N–H and O–H groups in total. The molecule has 1 heterocycles. The molecular weight excluding hydrogens is 226 g/mol. The van der Waals surface area contributed by atoms with E-state index in [1.54, 1.807) is 6.07 Å². The van der Waals surface area contributed by atoms with E-state index < -0.39 is 17.4 Å². The van der Waals surface area contributed by atoms with Crippen LogP contribution in [0.4, 0.5) is 8.78 Å². The molecule has 0 atom stereocenters. The van der Waals surface area contributed by atoms with Gasteiger partial charge >= 0.3 is 0 Å². The van der Waals surface area contributed by atoms with E-state index in [1.807, 2.05) is 0 Å². The summed E-state index contributed by atoms with van der Waals surface area (Å²) in [4.78, 5) is 14.9. The summed E-state index contributed by atoms with van der Waals surface area (Å²) in [6.07, 6.45) is 1.17. The zero-order chi connectivity index (χ0) is 12.4. The van der Waals surface area contributed by atoms with Gasteiger partial charge in [0.2, 0.25) is 0 Å². The lowest BCUT2D eigenvalue weighted by atomic mass is 10.0. The first-order valence-electron chi connectivity index (χ1n) is 4.79. The molecule has 0 fully saturated rings. The number of Topliss-reactive ketones (excluding diaryl/α,β-unsaturated/α-hetero) is 1. The third-order valence-electron chi connectivity index (χ3n) is 2.31. The number of ketones is 1. The molecule has 0 saturated carbocycles. The van der Waals surface area contributed by atoms with Gasteiger partial charge in [-0.1, -0.05) is 0 Å². The van der Waals surface area contributed by atoms with Crippen molar-refractivity contribution in [3.05, 3.63) is 41.0 Å². The number of benzene rings is 1. The third-order valence-corrected chi connectivity index (χ3v) is 2.31. The predicted molar refractivity (Wildman–Crippen MR) is 57.3 cm³/mol. The fraction of sp³-hybridized carbons (Fsp3) is 0.0833. The first-order valence-corrected chi connectivity index (χ1v) is 4.79. The molecule has 0 radical (unpaired) electrons. The number of allylic oxidation sites excluding steroid dienone is 1. The van der Waals surface area contributed by atoms with Crippen molar-refractivity contribution in [2.24, 2.45) is 4.99 Å². The van der Waals surface area contributed by atoms with Crippen molar-refractivity contribution in [3.8, 4) is 6.07 Å². The normalized spacial score (nSPS) is 15.0.